The van der Waals surface area contributed by atoms with E-state index >= 15 is 0 Å². The zero-order valence-electron chi connectivity index (χ0n) is 25.0. The van der Waals surface area contributed by atoms with Crippen molar-refractivity contribution in [1.29, 1.82) is 0 Å². The van der Waals surface area contributed by atoms with Crippen LogP contribution in [0.2, 0.25) is 0 Å². The second-order valence-corrected chi connectivity index (χ2v) is 10.5. The van der Waals surface area contributed by atoms with E-state index in [0.717, 1.165) is 0 Å². The van der Waals surface area contributed by atoms with Crippen LogP contribution in [0.25, 0.3) is 0 Å². The van der Waals surface area contributed by atoms with Gasteiger partial charge in [-0.05, 0) is 49.8 Å². The van der Waals surface area contributed by atoms with E-state index in [1.807, 2.05) is 0 Å². The average Bonchev–Trinajstić information content (AvgIpc) is 2.95. The summed E-state index contributed by atoms with van der Waals surface area (Å²) in [6.07, 6.45) is -1.62. The van der Waals surface area contributed by atoms with Crippen molar-refractivity contribution in [3.8, 4) is 0 Å². The lowest BCUT2D eigenvalue weighted by molar-refractivity contribution is -0.137. The fourth-order valence-corrected chi connectivity index (χ4v) is 4.16. The number of aryl methyl sites for hydroxylation is 2. The molecule has 2 rings (SSSR count). The van der Waals surface area contributed by atoms with Crippen molar-refractivity contribution in [3.63, 3.8) is 0 Å². The highest BCUT2D eigenvalue weighted by molar-refractivity contribution is 5.97. The number of carboxylic acid groups (broad SMARTS) is 1. The van der Waals surface area contributed by atoms with E-state index in [1.165, 1.54) is 6.92 Å². The van der Waals surface area contributed by atoms with Crippen LogP contribution in [-0.4, -0.2) is 65.5 Å². The maximum Gasteiger partial charge on any atom is 0.408 e. The maximum atomic E-state index is 12.9. The molecular formula is C31H39N3O9. The number of ketones is 1. The largest absolute Gasteiger partial charge is 0.481 e. The van der Waals surface area contributed by atoms with Gasteiger partial charge in [-0.25, -0.2) is 9.59 Å². The highest BCUT2D eigenvalue weighted by atomic mass is 16.5. The van der Waals surface area contributed by atoms with E-state index in [2.05, 4.69) is 16.0 Å². The lowest BCUT2D eigenvalue weighted by Crippen LogP contribution is -2.56. The Morgan fingerprint density at radius 2 is 1.42 bits per heavy atom. The molecule has 12 heteroatoms. The summed E-state index contributed by atoms with van der Waals surface area (Å²) in [5.74, 6) is -4.26. The number of hydrogen-bond acceptors (Lipinski definition) is 8. The van der Waals surface area contributed by atoms with Gasteiger partial charge in [0.05, 0.1) is 11.6 Å². The van der Waals surface area contributed by atoms with Gasteiger partial charge < -0.3 is 30.5 Å². The van der Waals surface area contributed by atoms with Gasteiger partial charge in [-0.1, -0.05) is 62.4 Å². The molecule has 3 amide bonds. The molecule has 0 spiro atoms. The van der Waals surface area contributed by atoms with Crippen molar-refractivity contribution in [2.24, 2.45) is 5.92 Å². The van der Waals surface area contributed by atoms with Crippen LogP contribution in [0.15, 0.2) is 48.5 Å². The van der Waals surface area contributed by atoms with E-state index in [9.17, 15) is 28.8 Å². The minimum atomic E-state index is -1.30. The summed E-state index contributed by atoms with van der Waals surface area (Å²) >= 11 is 0. The number of carbonyl (C=O) groups is 6. The summed E-state index contributed by atoms with van der Waals surface area (Å²) in [5, 5.41) is 16.4. The van der Waals surface area contributed by atoms with Crippen LogP contribution in [0.4, 0.5) is 4.79 Å². The van der Waals surface area contributed by atoms with E-state index < -0.39 is 66.8 Å². The first kappa shape index (κ1) is 34.5. The first-order valence-electron chi connectivity index (χ1n) is 13.9. The Labute approximate surface area is 250 Å². The number of rotatable bonds is 15. The molecule has 12 nitrogen and oxygen atoms in total. The molecule has 0 aliphatic rings. The molecule has 2 aromatic carbocycles. The molecule has 0 saturated carbocycles. The minimum absolute atomic E-state index is 0.0662. The number of benzene rings is 2. The topological polar surface area (TPSA) is 177 Å². The van der Waals surface area contributed by atoms with E-state index in [4.69, 9.17) is 14.6 Å². The third kappa shape index (κ3) is 11.2. The van der Waals surface area contributed by atoms with Crippen LogP contribution < -0.4 is 16.0 Å². The second kappa shape index (κ2) is 16.6. The first-order valence-corrected chi connectivity index (χ1v) is 13.9. The van der Waals surface area contributed by atoms with Crippen molar-refractivity contribution in [3.05, 3.63) is 70.8 Å². The Balaban J connectivity index is 1.98. The van der Waals surface area contributed by atoms with Gasteiger partial charge in [-0.2, -0.15) is 0 Å². The Bertz CT molecular complexity index is 1290. The van der Waals surface area contributed by atoms with Crippen molar-refractivity contribution in [2.45, 2.75) is 72.2 Å². The van der Waals surface area contributed by atoms with Gasteiger partial charge in [0.15, 0.2) is 12.4 Å². The Morgan fingerprint density at radius 3 is 2.00 bits per heavy atom. The molecule has 0 aliphatic heterocycles. The number of esters is 1. The van der Waals surface area contributed by atoms with Crippen molar-refractivity contribution in [2.75, 3.05) is 6.61 Å². The molecule has 0 aliphatic carbocycles. The number of ether oxygens (including phenoxy) is 2. The number of carboxylic acids is 1. The summed E-state index contributed by atoms with van der Waals surface area (Å²) < 4.78 is 10.4. The second-order valence-electron chi connectivity index (χ2n) is 10.5. The van der Waals surface area contributed by atoms with Crippen LogP contribution in [0.3, 0.4) is 0 Å². The van der Waals surface area contributed by atoms with Gasteiger partial charge in [-0.3, -0.25) is 19.2 Å². The third-order valence-electron chi connectivity index (χ3n) is 6.56. The predicted octanol–water partition coefficient (Wildman–Crippen LogP) is 2.83. The zero-order valence-corrected chi connectivity index (χ0v) is 25.0. The molecule has 0 saturated heterocycles. The van der Waals surface area contributed by atoms with Crippen LogP contribution in [-0.2, 0) is 35.3 Å². The summed E-state index contributed by atoms with van der Waals surface area (Å²) in [5.41, 5.74) is 2.49. The van der Waals surface area contributed by atoms with Crippen LogP contribution in [0.1, 0.15) is 60.7 Å². The lowest BCUT2D eigenvalue weighted by Gasteiger charge is -2.25. The molecule has 0 bridgehead atoms. The number of hydrogen-bond donors (Lipinski definition) is 4. The smallest absolute Gasteiger partial charge is 0.408 e. The SMILES string of the molecule is Cc1cccc(C)c1C(=O)OCC(=O)[C@@H](NC(=O)[C@H](C)NC(=O)[C@H](CCC(=O)O)NC(=O)OCc1ccccc1)C(C)C. The van der Waals surface area contributed by atoms with Gasteiger partial charge in [0.1, 0.15) is 18.7 Å². The van der Waals surface area contributed by atoms with Crippen LogP contribution in [0, 0.1) is 19.8 Å². The van der Waals surface area contributed by atoms with Crippen molar-refractivity contribution < 1.29 is 43.3 Å². The molecule has 0 heterocycles. The number of aliphatic carboxylic acids is 1. The molecule has 232 valence electrons. The lowest BCUT2D eigenvalue weighted by atomic mass is 9.99. The number of carbonyl (C=O) groups excluding carboxylic acids is 5. The summed E-state index contributed by atoms with van der Waals surface area (Å²) in [6, 6.07) is 10.7. The Morgan fingerprint density at radius 1 is 0.791 bits per heavy atom. The summed E-state index contributed by atoms with van der Waals surface area (Å²) in [7, 11) is 0. The number of amides is 3. The number of alkyl carbamates (subject to hydrolysis) is 1. The predicted molar refractivity (Wildman–Crippen MR) is 156 cm³/mol. The maximum absolute atomic E-state index is 12.9. The monoisotopic (exact) mass is 597 g/mol. The molecular weight excluding hydrogens is 558 g/mol. The standard InChI is InChI=1S/C31H39N3O9/c1-18(2)27(24(35)17-42-30(40)26-19(3)10-9-11-20(26)4)34-28(38)21(5)32-29(39)23(14-15-25(36)37)33-31(41)43-16-22-12-7-6-8-13-22/h6-13,18,21,23,27H,14-17H2,1-5H3,(H,32,39)(H,33,41)(H,34,38)(H,36,37)/t21-,23-,27-/m0/s1. The molecule has 4 N–H and O–H groups in total. The summed E-state index contributed by atoms with van der Waals surface area (Å²) in [6.45, 7) is 7.66. The van der Waals surface area contributed by atoms with E-state index in [0.29, 0.717) is 22.3 Å². The normalized spacial score (nSPS) is 12.8. The molecule has 0 aromatic heterocycles. The molecule has 0 unspecified atom stereocenters. The number of Topliss-reactive ketones (excluding diaryl/α,β-unsaturated/α-hetero) is 1. The van der Waals surface area contributed by atoms with E-state index in [-0.39, 0.29) is 18.9 Å². The van der Waals surface area contributed by atoms with Gasteiger partial charge in [0.25, 0.3) is 0 Å². The minimum Gasteiger partial charge on any atom is -0.481 e. The molecule has 2 aromatic rings. The van der Waals surface area contributed by atoms with Gasteiger partial charge in [0.2, 0.25) is 11.8 Å². The fraction of sp³-hybridized carbons (Fsp3) is 0.419. The first-order chi connectivity index (χ1) is 20.3. The fourth-order valence-electron chi connectivity index (χ4n) is 4.16. The average molecular weight is 598 g/mol. The van der Waals surface area contributed by atoms with Gasteiger partial charge in [-0.15, -0.1) is 0 Å². The van der Waals surface area contributed by atoms with Crippen LogP contribution in [0.5, 0.6) is 0 Å². The summed E-state index contributed by atoms with van der Waals surface area (Å²) in [4.78, 5) is 74.8. The highest BCUT2D eigenvalue weighted by Gasteiger charge is 2.30. The highest BCUT2D eigenvalue weighted by Crippen LogP contribution is 2.15. The number of nitrogens with one attached hydrogen (secondary N) is 3. The van der Waals surface area contributed by atoms with Crippen molar-refractivity contribution >= 4 is 35.6 Å². The van der Waals surface area contributed by atoms with Gasteiger partial charge >= 0.3 is 18.0 Å². The van der Waals surface area contributed by atoms with E-state index in [1.54, 1.807) is 76.2 Å². The molecule has 0 radical (unpaired) electrons. The quantitative estimate of drug-likeness (QED) is 0.225. The molecule has 43 heavy (non-hydrogen) atoms. The zero-order chi connectivity index (χ0) is 32.1. The Hall–Kier alpha value is -4.74. The Kier molecular flexibility index (Phi) is 13.3. The third-order valence-corrected chi connectivity index (χ3v) is 6.56. The molecule has 3 atom stereocenters. The van der Waals surface area contributed by atoms with Crippen LogP contribution >= 0.6 is 0 Å². The molecule has 0 fully saturated rings. The van der Waals surface area contributed by atoms with Gasteiger partial charge in [0, 0.05) is 6.42 Å². The van der Waals surface area contributed by atoms with Crippen molar-refractivity contribution in [1.82, 2.24) is 16.0 Å².